The highest BCUT2D eigenvalue weighted by Gasteiger charge is 2.28. The third kappa shape index (κ3) is 3.91. The smallest absolute Gasteiger partial charge is 0.162 e. The van der Waals surface area contributed by atoms with E-state index in [-0.39, 0.29) is 5.54 Å². The average Bonchev–Trinajstić information content (AvgIpc) is 2.73. The zero-order valence-electron chi connectivity index (χ0n) is 15.9. The van der Waals surface area contributed by atoms with Gasteiger partial charge in [-0.3, -0.25) is 9.88 Å². The molecular weight excluding hydrogens is 338 g/mol. The van der Waals surface area contributed by atoms with Crippen molar-refractivity contribution in [1.29, 1.82) is 0 Å². The molecule has 1 aliphatic rings. The van der Waals surface area contributed by atoms with Gasteiger partial charge in [-0.25, -0.2) is 9.97 Å². The molecule has 140 valence electrons. The number of para-hydroxylation sites is 1. The minimum atomic E-state index is 0.00661. The molecule has 1 aliphatic heterocycles. The summed E-state index contributed by atoms with van der Waals surface area (Å²) in [5.41, 5.74) is 1.91. The molecule has 0 saturated carbocycles. The minimum Gasteiger partial charge on any atom is -0.379 e. The maximum atomic E-state index is 5.49. The van der Waals surface area contributed by atoms with Crippen LogP contribution in [0.1, 0.15) is 13.8 Å². The van der Waals surface area contributed by atoms with E-state index in [0.29, 0.717) is 5.82 Å². The summed E-state index contributed by atoms with van der Waals surface area (Å²) in [5, 5.41) is 4.62. The molecule has 0 amide bonds. The fourth-order valence-electron chi connectivity index (χ4n) is 3.42. The molecule has 0 aliphatic carbocycles. The van der Waals surface area contributed by atoms with Crippen LogP contribution in [0.5, 0.6) is 0 Å². The van der Waals surface area contributed by atoms with Gasteiger partial charge in [-0.15, -0.1) is 0 Å². The van der Waals surface area contributed by atoms with Crippen LogP contribution in [0.25, 0.3) is 22.3 Å². The van der Waals surface area contributed by atoms with Crippen molar-refractivity contribution >= 4 is 16.7 Å². The Hall–Kier alpha value is -2.57. The summed E-state index contributed by atoms with van der Waals surface area (Å²) in [6.07, 6.45) is 3.53. The number of aromatic nitrogens is 3. The lowest BCUT2D eigenvalue weighted by molar-refractivity contribution is -0.00569. The van der Waals surface area contributed by atoms with Crippen molar-refractivity contribution in [3.8, 4) is 11.4 Å². The van der Waals surface area contributed by atoms with Gasteiger partial charge in [0.15, 0.2) is 5.82 Å². The number of nitrogens with one attached hydrogen (secondary N) is 1. The molecule has 1 saturated heterocycles. The van der Waals surface area contributed by atoms with Crippen LogP contribution in [0.2, 0.25) is 0 Å². The van der Waals surface area contributed by atoms with Crippen molar-refractivity contribution in [2.45, 2.75) is 19.4 Å². The average molecular weight is 363 g/mol. The topological polar surface area (TPSA) is 63.2 Å². The Morgan fingerprint density at radius 1 is 1.04 bits per heavy atom. The first kappa shape index (κ1) is 17.8. The number of pyridine rings is 1. The van der Waals surface area contributed by atoms with E-state index in [2.05, 4.69) is 35.1 Å². The molecule has 3 heterocycles. The SMILES string of the molecule is CC(C)(CNc1nc(-c2ccncc2)nc2ccccc12)N1CCOCC1. The van der Waals surface area contributed by atoms with Gasteiger partial charge in [0.1, 0.15) is 5.82 Å². The van der Waals surface area contributed by atoms with Crippen LogP contribution in [0.15, 0.2) is 48.8 Å². The summed E-state index contributed by atoms with van der Waals surface area (Å²) in [7, 11) is 0. The molecule has 4 rings (SSSR count). The number of benzene rings is 1. The summed E-state index contributed by atoms with van der Waals surface area (Å²) in [4.78, 5) is 16.1. The Morgan fingerprint density at radius 2 is 1.78 bits per heavy atom. The highest BCUT2D eigenvalue weighted by Crippen LogP contribution is 2.26. The summed E-state index contributed by atoms with van der Waals surface area (Å²) in [6.45, 7) is 8.84. The first-order valence-corrected chi connectivity index (χ1v) is 9.37. The summed E-state index contributed by atoms with van der Waals surface area (Å²) in [6, 6.07) is 12.0. The van der Waals surface area contributed by atoms with Gasteiger partial charge in [0, 0.05) is 48.5 Å². The number of rotatable bonds is 5. The number of anilines is 1. The molecule has 1 fully saturated rings. The fourth-order valence-corrected chi connectivity index (χ4v) is 3.42. The predicted molar refractivity (Wildman–Crippen MR) is 108 cm³/mol. The lowest BCUT2D eigenvalue weighted by atomic mass is 10.0. The number of ether oxygens (including phenoxy) is 1. The molecule has 6 nitrogen and oxygen atoms in total. The van der Waals surface area contributed by atoms with E-state index < -0.39 is 0 Å². The largest absolute Gasteiger partial charge is 0.379 e. The number of morpholine rings is 1. The summed E-state index contributed by atoms with van der Waals surface area (Å²) >= 11 is 0. The number of hydrogen-bond acceptors (Lipinski definition) is 6. The Labute approximate surface area is 159 Å². The van der Waals surface area contributed by atoms with E-state index in [9.17, 15) is 0 Å². The minimum absolute atomic E-state index is 0.00661. The predicted octanol–water partition coefficient (Wildman–Crippen LogP) is 3.21. The Kier molecular flexibility index (Phi) is 5.01. The molecule has 27 heavy (non-hydrogen) atoms. The molecule has 1 aromatic carbocycles. The van der Waals surface area contributed by atoms with Gasteiger partial charge in [-0.1, -0.05) is 12.1 Å². The first-order chi connectivity index (χ1) is 13.1. The molecule has 0 atom stereocenters. The monoisotopic (exact) mass is 363 g/mol. The number of nitrogens with zero attached hydrogens (tertiary/aromatic N) is 4. The second kappa shape index (κ2) is 7.58. The van der Waals surface area contributed by atoms with Crippen LogP contribution in [-0.4, -0.2) is 58.2 Å². The molecule has 6 heteroatoms. The highest BCUT2D eigenvalue weighted by molar-refractivity contribution is 5.90. The molecule has 0 radical (unpaired) electrons. The van der Waals surface area contributed by atoms with Crippen LogP contribution < -0.4 is 5.32 Å². The van der Waals surface area contributed by atoms with Gasteiger partial charge in [0.05, 0.1) is 18.7 Å². The normalized spacial score (nSPS) is 15.8. The van der Waals surface area contributed by atoms with Crippen molar-refractivity contribution in [3.63, 3.8) is 0 Å². The maximum absolute atomic E-state index is 5.49. The zero-order valence-corrected chi connectivity index (χ0v) is 15.9. The number of fused-ring (bicyclic) bond motifs is 1. The molecule has 2 aromatic heterocycles. The van der Waals surface area contributed by atoms with Crippen molar-refractivity contribution in [2.75, 3.05) is 38.2 Å². The number of hydrogen-bond donors (Lipinski definition) is 1. The third-order valence-corrected chi connectivity index (χ3v) is 5.10. The van der Waals surface area contributed by atoms with Gasteiger partial charge in [-0.2, -0.15) is 0 Å². The van der Waals surface area contributed by atoms with Gasteiger partial charge in [0.25, 0.3) is 0 Å². The van der Waals surface area contributed by atoms with Crippen LogP contribution in [0, 0.1) is 0 Å². The second-order valence-corrected chi connectivity index (χ2v) is 7.41. The summed E-state index contributed by atoms with van der Waals surface area (Å²) in [5.74, 6) is 1.58. The quantitative estimate of drug-likeness (QED) is 0.751. The van der Waals surface area contributed by atoms with E-state index >= 15 is 0 Å². The van der Waals surface area contributed by atoms with Crippen molar-refractivity contribution in [1.82, 2.24) is 19.9 Å². The van der Waals surface area contributed by atoms with Crippen LogP contribution in [0.4, 0.5) is 5.82 Å². The summed E-state index contributed by atoms with van der Waals surface area (Å²) < 4.78 is 5.49. The van der Waals surface area contributed by atoms with E-state index in [1.54, 1.807) is 12.4 Å². The van der Waals surface area contributed by atoms with Gasteiger partial charge >= 0.3 is 0 Å². The fraction of sp³-hybridized carbons (Fsp3) is 0.381. The standard InChI is InChI=1S/C21H25N5O/c1-21(2,26-11-13-27-14-12-26)15-23-20-17-5-3-4-6-18(17)24-19(25-20)16-7-9-22-10-8-16/h3-10H,11-15H2,1-2H3,(H,23,24,25). The van der Waals surface area contributed by atoms with E-state index in [0.717, 1.165) is 55.1 Å². The van der Waals surface area contributed by atoms with Crippen molar-refractivity contribution in [2.24, 2.45) is 0 Å². The van der Waals surface area contributed by atoms with E-state index in [4.69, 9.17) is 14.7 Å². The third-order valence-electron chi connectivity index (χ3n) is 5.10. The van der Waals surface area contributed by atoms with E-state index in [1.165, 1.54) is 0 Å². The molecule has 3 aromatic rings. The molecular formula is C21H25N5O. The Morgan fingerprint density at radius 3 is 2.56 bits per heavy atom. The molecule has 0 unspecified atom stereocenters. The second-order valence-electron chi connectivity index (χ2n) is 7.41. The van der Waals surface area contributed by atoms with Gasteiger partial charge in [-0.05, 0) is 38.1 Å². The Bertz CT molecular complexity index is 907. The molecule has 1 N–H and O–H groups in total. The Balaban J connectivity index is 1.64. The lowest BCUT2D eigenvalue weighted by Crippen LogP contribution is -2.53. The van der Waals surface area contributed by atoms with Crippen molar-refractivity contribution in [3.05, 3.63) is 48.8 Å². The van der Waals surface area contributed by atoms with Crippen LogP contribution in [0.3, 0.4) is 0 Å². The van der Waals surface area contributed by atoms with Crippen LogP contribution >= 0.6 is 0 Å². The van der Waals surface area contributed by atoms with Gasteiger partial charge in [0.2, 0.25) is 0 Å². The van der Waals surface area contributed by atoms with Crippen LogP contribution in [-0.2, 0) is 4.74 Å². The molecule has 0 spiro atoms. The first-order valence-electron chi connectivity index (χ1n) is 9.37. The lowest BCUT2D eigenvalue weighted by Gasteiger charge is -2.41. The maximum Gasteiger partial charge on any atom is 0.162 e. The van der Waals surface area contributed by atoms with E-state index in [1.807, 2.05) is 30.3 Å². The zero-order chi connectivity index (χ0) is 18.7. The molecule has 0 bridgehead atoms. The van der Waals surface area contributed by atoms with Gasteiger partial charge < -0.3 is 10.1 Å². The highest BCUT2D eigenvalue weighted by atomic mass is 16.5. The van der Waals surface area contributed by atoms with Crippen molar-refractivity contribution < 1.29 is 4.74 Å².